The second-order valence-corrected chi connectivity index (χ2v) is 5.35. The molecule has 1 nitrogen and oxygen atoms in total. The molecule has 17 heavy (non-hydrogen) atoms. The maximum Gasteiger partial charge on any atom is 0.128 e. The minimum atomic E-state index is -0.154. The van der Waals surface area contributed by atoms with E-state index in [1.807, 2.05) is 20.0 Å². The predicted molar refractivity (Wildman–Crippen MR) is 71.1 cm³/mol. The monoisotopic (exact) mass is 249 g/mol. The highest BCUT2D eigenvalue weighted by Gasteiger charge is 2.17. The van der Waals surface area contributed by atoms with E-state index in [2.05, 4.69) is 23.7 Å². The van der Waals surface area contributed by atoms with E-state index in [-0.39, 0.29) is 11.9 Å². The minimum absolute atomic E-state index is 0.0696. The van der Waals surface area contributed by atoms with Crippen molar-refractivity contribution >= 4 is 11.3 Å². The zero-order chi connectivity index (χ0) is 12.4. The van der Waals surface area contributed by atoms with E-state index in [9.17, 15) is 4.39 Å². The van der Waals surface area contributed by atoms with Crippen LogP contribution in [-0.4, -0.2) is 7.05 Å². The normalized spacial score (nSPS) is 12.7. The van der Waals surface area contributed by atoms with E-state index in [4.69, 9.17) is 0 Å². The van der Waals surface area contributed by atoms with Crippen LogP contribution in [0.4, 0.5) is 4.39 Å². The predicted octanol–water partition coefficient (Wildman–Crippen LogP) is 3.81. The standard InChI is InChI=1S/C14H16FNS/c1-9-4-5-13(15)12(6-9)14(16-3)11-7-10(2)17-8-11/h4-8,14,16H,1-3H3. The van der Waals surface area contributed by atoms with Gasteiger partial charge in [-0.3, -0.25) is 0 Å². The van der Waals surface area contributed by atoms with Crippen LogP contribution >= 0.6 is 11.3 Å². The van der Waals surface area contributed by atoms with E-state index in [1.165, 1.54) is 10.9 Å². The van der Waals surface area contributed by atoms with Crippen molar-refractivity contribution < 1.29 is 4.39 Å². The highest BCUT2D eigenvalue weighted by Crippen LogP contribution is 2.28. The molecule has 1 aromatic carbocycles. The summed E-state index contributed by atoms with van der Waals surface area (Å²) < 4.78 is 13.9. The first-order valence-corrected chi connectivity index (χ1v) is 6.48. The SMILES string of the molecule is CNC(c1csc(C)c1)c1cc(C)ccc1F. The summed E-state index contributed by atoms with van der Waals surface area (Å²) in [7, 11) is 1.86. The lowest BCUT2D eigenvalue weighted by molar-refractivity contribution is 0.576. The minimum Gasteiger partial charge on any atom is -0.309 e. The Morgan fingerprint density at radius 1 is 1.24 bits per heavy atom. The van der Waals surface area contributed by atoms with Crippen LogP contribution < -0.4 is 5.32 Å². The molecule has 3 heteroatoms. The molecule has 1 heterocycles. The van der Waals surface area contributed by atoms with Crippen LogP contribution in [0.15, 0.2) is 29.6 Å². The third kappa shape index (κ3) is 2.56. The van der Waals surface area contributed by atoms with Crippen molar-refractivity contribution in [3.63, 3.8) is 0 Å². The van der Waals surface area contributed by atoms with Crippen molar-refractivity contribution in [2.75, 3.05) is 7.05 Å². The molecule has 0 bridgehead atoms. The first-order chi connectivity index (χ1) is 8.11. The average molecular weight is 249 g/mol. The number of thiophene rings is 1. The molecule has 1 unspecified atom stereocenters. The van der Waals surface area contributed by atoms with Gasteiger partial charge in [-0.2, -0.15) is 0 Å². The molecule has 0 radical (unpaired) electrons. The van der Waals surface area contributed by atoms with Gasteiger partial charge in [0.1, 0.15) is 5.82 Å². The number of benzene rings is 1. The van der Waals surface area contributed by atoms with Crippen LogP contribution in [-0.2, 0) is 0 Å². The summed E-state index contributed by atoms with van der Waals surface area (Å²) in [4.78, 5) is 1.24. The van der Waals surface area contributed by atoms with Gasteiger partial charge in [0, 0.05) is 10.4 Å². The Morgan fingerprint density at radius 3 is 2.59 bits per heavy atom. The Hall–Kier alpha value is -1.19. The van der Waals surface area contributed by atoms with E-state index in [0.29, 0.717) is 5.56 Å². The van der Waals surface area contributed by atoms with Gasteiger partial charge in [0.05, 0.1) is 6.04 Å². The molecule has 2 rings (SSSR count). The molecule has 1 N–H and O–H groups in total. The lowest BCUT2D eigenvalue weighted by atomic mass is 9.99. The van der Waals surface area contributed by atoms with Crippen LogP contribution in [0.2, 0.25) is 0 Å². The summed E-state index contributed by atoms with van der Waals surface area (Å²) in [5.74, 6) is -0.154. The lowest BCUT2D eigenvalue weighted by Gasteiger charge is -2.16. The Morgan fingerprint density at radius 2 is 2.00 bits per heavy atom. The summed E-state index contributed by atoms with van der Waals surface area (Å²) >= 11 is 1.69. The summed E-state index contributed by atoms with van der Waals surface area (Å²) in [5.41, 5.74) is 2.92. The fraction of sp³-hybridized carbons (Fsp3) is 0.286. The Labute approximate surface area is 105 Å². The van der Waals surface area contributed by atoms with Crippen molar-refractivity contribution in [2.45, 2.75) is 19.9 Å². The van der Waals surface area contributed by atoms with Gasteiger partial charge in [-0.05, 0) is 44.0 Å². The fourth-order valence-electron chi connectivity index (χ4n) is 2.00. The van der Waals surface area contributed by atoms with Crippen molar-refractivity contribution in [2.24, 2.45) is 0 Å². The van der Waals surface area contributed by atoms with Crippen LogP contribution in [0.25, 0.3) is 0 Å². The van der Waals surface area contributed by atoms with Gasteiger partial charge in [0.15, 0.2) is 0 Å². The first kappa shape index (κ1) is 12.3. The molecule has 0 amide bonds. The third-order valence-electron chi connectivity index (χ3n) is 2.84. The maximum atomic E-state index is 13.9. The molecule has 0 aliphatic rings. The molecule has 2 aromatic rings. The number of hydrogen-bond donors (Lipinski definition) is 1. The quantitative estimate of drug-likeness (QED) is 0.872. The Kier molecular flexibility index (Phi) is 3.60. The molecule has 0 fully saturated rings. The van der Waals surface area contributed by atoms with Crippen LogP contribution in [0.5, 0.6) is 0 Å². The zero-order valence-electron chi connectivity index (χ0n) is 10.3. The molecule has 1 atom stereocenters. The summed E-state index contributed by atoms with van der Waals surface area (Å²) in [6, 6.07) is 7.27. The Balaban J connectivity index is 2.45. The van der Waals surface area contributed by atoms with Gasteiger partial charge >= 0.3 is 0 Å². The average Bonchev–Trinajstić information content (AvgIpc) is 2.71. The van der Waals surface area contributed by atoms with E-state index >= 15 is 0 Å². The fourth-order valence-corrected chi connectivity index (χ4v) is 2.73. The van der Waals surface area contributed by atoms with E-state index < -0.39 is 0 Å². The van der Waals surface area contributed by atoms with E-state index in [1.54, 1.807) is 17.4 Å². The third-order valence-corrected chi connectivity index (χ3v) is 3.71. The van der Waals surface area contributed by atoms with Crippen molar-refractivity contribution in [1.82, 2.24) is 5.32 Å². The largest absolute Gasteiger partial charge is 0.309 e. The van der Waals surface area contributed by atoms with Gasteiger partial charge in [0.2, 0.25) is 0 Å². The number of hydrogen-bond acceptors (Lipinski definition) is 2. The first-order valence-electron chi connectivity index (χ1n) is 5.60. The van der Waals surface area contributed by atoms with Gasteiger partial charge in [-0.25, -0.2) is 4.39 Å². The molecular formula is C14H16FNS. The smallest absolute Gasteiger partial charge is 0.128 e. The molecule has 0 saturated heterocycles. The lowest BCUT2D eigenvalue weighted by Crippen LogP contribution is -2.18. The highest BCUT2D eigenvalue weighted by atomic mass is 32.1. The molecule has 0 saturated carbocycles. The molecule has 1 aromatic heterocycles. The maximum absolute atomic E-state index is 13.9. The number of halogens is 1. The molecule has 90 valence electrons. The number of nitrogens with one attached hydrogen (secondary N) is 1. The molecule has 0 aliphatic heterocycles. The molecule has 0 spiro atoms. The highest BCUT2D eigenvalue weighted by molar-refractivity contribution is 7.10. The molecular weight excluding hydrogens is 233 g/mol. The van der Waals surface area contributed by atoms with Crippen molar-refractivity contribution in [1.29, 1.82) is 0 Å². The van der Waals surface area contributed by atoms with E-state index in [0.717, 1.165) is 11.1 Å². The van der Waals surface area contributed by atoms with Crippen molar-refractivity contribution in [3.05, 3.63) is 57.0 Å². The zero-order valence-corrected chi connectivity index (χ0v) is 11.1. The number of rotatable bonds is 3. The van der Waals surface area contributed by atoms with Gasteiger partial charge in [-0.1, -0.05) is 17.7 Å². The van der Waals surface area contributed by atoms with Crippen LogP contribution in [0.1, 0.15) is 27.6 Å². The number of aryl methyl sites for hydroxylation is 2. The van der Waals surface area contributed by atoms with Crippen LogP contribution in [0, 0.1) is 19.7 Å². The summed E-state index contributed by atoms with van der Waals surface area (Å²) in [6.07, 6.45) is 0. The van der Waals surface area contributed by atoms with Crippen molar-refractivity contribution in [3.8, 4) is 0 Å². The second-order valence-electron chi connectivity index (χ2n) is 4.24. The summed E-state index contributed by atoms with van der Waals surface area (Å²) in [6.45, 7) is 4.04. The van der Waals surface area contributed by atoms with Crippen LogP contribution in [0.3, 0.4) is 0 Å². The van der Waals surface area contributed by atoms with Gasteiger partial charge in [0.25, 0.3) is 0 Å². The summed E-state index contributed by atoms with van der Waals surface area (Å²) in [5, 5.41) is 5.26. The topological polar surface area (TPSA) is 12.0 Å². The van der Waals surface area contributed by atoms with Gasteiger partial charge < -0.3 is 5.32 Å². The van der Waals surface area contributed by atoms with Gasteiger partial charge in [-0.15, -0.1) is 11.3 Å². The second kappa shape index (κ2) is 4.98. The Bertz CT molecular complexity index is 519. The molecule has 0 aliphatic carbocycles.